The van der Waals surface area contributed by atoms with Gasteiger partial charge in [-0.2, -0.15) is 0 Å². The predicted octanol–water partition coefficient (Wildman–Crippen LogP) is 7.53. The number of hydrogen-bond acceptors (Lipinski definition) is 11. The smallest absolute Gasteiger partial charge is 0.200 e. The molecule has 0 amide bonds. The number of H-pyrrole nitrogens is 1. The van der Waals surface area contributed by atoms with Crippen molar-refractivity contribution >= 4 is 28.1 Å². The molecule has 0 radical (unpaired) electrons. The lowest BCUT2D eigenvalue weighted by Gasteiger charge is -2.45. The summed E-state index contributed by atoms with van der Waals surface area (Å²) in [7, 11) is 1.39. The molecule has 1 aliphatic heterocycles. The van der Waals surface area contributed by atoms with Gasteiger partial charge in [0.25, 0.3) is 0 Å². The summed E-state index contributed by atoms with van der Waals surface area (Å²) >= 11 is 0. The number of aryl methyl sites for hydroxylation is 2. The molecular formula is C48H51N3O9. The van der Waals surface area contributed by atoms with Crippen LogP contribution in [0.2, 0.25) is 0 Å². The van der Waals surface area contributed by atoms with E-state index < -0.39 is 29.5 Å². The number of methoxy groups -OCH3 is 1. The minimum Gasteiger partial charge on any atom is -0.508 e. The van der Waals surface area contributed by atoms with E-state index in [4.69, 9.17) is 9.47 Å². The summed E-state index contributed by atoms with van der Waals surface area (Å²) in [6, 6.07) is 25.1. The number of ether oxygens (including phenoxy) is 2. The van der Waals surface area contributed by atoms with Crippen molar-refractivity contribution in [1.29, 1.82) is 0 Å². The van der Waals surface area contributed by atoms with Gasteiger partial charge >= 0.3 is 0 Å². The Kier molecular flexibility index (Phi) is 11.6. The Balaban J connectivity index is 1.20. The Hall–Kier alpha value is -6.24. The molecule has 6 aromatic rings. The van der Waals surface area contributed by atoms with Gasteiger partial charge in [-0.1, -0.05) is 18.2 Å². The number of phenols is 4. The Morgan fingerprint density at radius 3 is 2.63 bits per heavy atom. The molecule has 312 valence electrons. The highest BCUT2D eigenvalue weighted by Gasteiger charge is 2.57. The number of fused-ring (bicyclic) bond motifs is 2. The Bertz CT molecular complexity index is 2490. The minimum absolute atomic E-state index is 0.00650. The molecule has 2 aliphatic rings. The van der Waals surface area contributed by atoms with Crippen molar-refractivity contribution in [3.05, 3.63) is 125 Å². The molecule has 8 N–H and O–H groups in total. The van der Waals surface area contributed by atoms with E-state index in [0.717, 1.165) is 51.7 Å². The number of anilines is 2. The van der Waals surface area contributed by atoms with Gasteiger partial charge in [-0.15, -0.1) is 0 Å². The lowest BCUT2D eigenvalue weighted by atomic mass is 9.58. The van der Waals surface area contributed by atoms with Crippen LogP contribution in [0.4, 0.5) is 11.5 Å². The predicted molar refractivity (Wildman–Crippen MR) is 227 cm³/mol. The van der Waals surface area contributed by atoms with Crippen LogP contribution in [0.15, 0.2) is 97.3 Å². The number of aromatic nitrogens is 2. The van der Waals surface area contributed by atoms with Crippen LogP contribution in [-0.2, 0) is 35.9 Å². The van der Waals surface area contributed by atoms with Crippen LogP contribution in [-0.4, -0.2) is 72.3 Å². The van der Waals surface area contributed by atoms with Crippen molar-refractivity contribution in [3.8, 4) is 34.5 Å². The number of ketones is 1. The maximum Gasteiger partial charge on any atom is 0.200 e. The van der Waals surface area contributed by atoms with Gasteiger partial charge in [0.1, 0.15) is 17.4 Å². The third-order valence-corrected chi connectivity index (χ3v) is 12.6. The fourth-order valence-electron chi connectivity index (χ4n) is 9.77. The molecule has 1 aliphatic carbocycles. The summed E-state index contributed by atoms with van der Waals surface area (Å²) in [6.45, 7) is 0.509. The quantitative estimate of drug-likeness (QED) is 0.0477. The standard InChI is InChI=1S/C48H51N3O9/c1-59-43-23-28(22-42(57)46(43)58)6-13-39(54)45(40(55)14-9-29-10-15-41(56)47-36(29)5-3-21-60-47)48(18-16-38(53)37(48)27-33-4-2-19-49-33)32-17-20-50-44(26-32)51-34-11-7-31-25-35(52)12-8-30(31)24-34/h2,4,7-8,10-12,15,17,19-20,22-26,37-38,40,45,49,52-53,55-58H,3,5-6,9,13-14,16,18,21,27H2,1H3,(H,50,51). The van der Waals surface area contributed by atoms with Gasteiger partial charge in [-0.25, -0.2) is 4.98 Å². The zero-order chi connectivity index (χ0) is 42.0. The van der Waals surface area contributed by atoms with E-state index in [1.54, 1.807) is 30.5 Å². The number of aromatic amines is 1. The molecule has 0 spiro atoms. The first-order valence-electron chi connectivity index (χ1n) is 20.6. The summed E-state index contributed by atoms with van der Waals surface area (Å²) in [5, 5.41) is 71.2. The van der Waals surface area contributed by atoms with Gasteiger partial charge in [-0.05, 0) is 146 Å². The van der Waals surface area contributed by atoms with Crippen LogP contribution in [0.5, 0.6) is 34.5 Å². The van der Waals surface area contributed by atoms with Crippen molar-refractivity contribution in [3.63, 3.8) is 0 Å². The zero-order valence-corrected chi connectivity index (χ0v) is 33.5. The van der Waals surface area contributed by atoms with Crippen molar-refractivity contribution in [2.45, 2.75) is 75.4 Å². The van der Waals surface area contributed by atoms with Crippen molar-refractivity contribution in [2.75, 3.05) is 19.0 Å². The maximum atomic E-state index is 15.2. The second-order valence-electron chi connectivity index (χ2n) is 16.2. The van der Waals surface area contributed by atoms with Gasteiger partial charge in [0.05, 0.1) is 31.8 Å². The molecule has 5 atom stereocenters. The maximum absolute atomic E-state index is 15.2. The lowest BCUT2D eigenvalue weighted by molar-refractivity contribution is -0.132. The summed E-state index contributed by atoms with van der Waals surface area (Å²) in [5.41, 5.74) is 3.77. The summed E-state index contributed by atoms with van der Waals surface area (Å²) in [6.07, 6.45) is 5.14. The molecule has 3 heterocycles. The van der Waals surface area contributed by atoms with Crippen LogP contribution in [0.1, 0.15) is 60.1 Å². The van der Waals surface area contributed by atoms with Crippen LogP contribution in [0.3, 0.4) is 0 Å². The van der Waals surface area contributed by atoms with Gasteiger partial charge in [-0.3, -0.25) is 4.79 Å². The zero-order valence-electron chi connectivity index (χ0n) is 33.5. The third-order valence-electron chi connectivity index (χ3n) is 12.6. The number of nitrogens with one attached hydrogen (secondary N) is 2. The normalized spacial score (nSPS) is 19.6. The number of aromatic hydroxyl groups is 4. The van der Waals surface area contributed by atoms with Gasteiger partial charge < -0.3 is 50.4 Å². The van der Waals surface area contributed by atoms with Gasteiger partial charge in [0.15, 0.2) is 23.0 Å². The molecule has 1 saturated carbocycles. The number of carbonyl (C=O) groups is 1. The number of phenolic OH excluding ortho intramolecular Hbond substituents is 4. The van der Waals surface area contributed by atoms with Gasteiger partial charge in [0, 0.05) is 47.1 Å². The molecular weight excluding hydrogens is 763 g/mol. The first-order valence-corrected chi connectivity index (χ1v) is 20.6. The highest BCUT2D eigenvalue weighted by atomic mass is 16.5. The molecule has 0 saturated heterocycles. The molecule has 12 nitrogen and oxygen atoms in total. The number of aliphatic hydroxyl groups is 2. The van der Waals surface area contributed by atoms with Crippen molar-refractivity contribution in [2.24, 2.45) is 11.8 Å². The van der Waals surface area contributed by atoms with E-state index >= 15 is 4.79 Å². The molecule has 60 heavy (non-hydrogen) atoms. The first kappa shape index (κ1) is 40.5. The van der Waals surface area contributed by atoms with Crippen molar-refractivity contribution in [1.82, 2.24) is 9.97 Å². The fourth-order valence-corrected chi connectivity index (χ4v) is 9.77. The average Bonchev–Trinajstić information content (AvgIpc) is 3.89. The van der Waals surface area contributed by atoms with E-state index in [2.05, 4.69) is 15.3 Å². The number of hydrogen-bond donors (Lipinski definition) is 8. The van der Waals surface area contributed by atoms with E-state index in [1.807, 2.05) is 60.8 Å². The molecule has 4 aromatic carbocycles. The number of pyridine rings is 1. The van der Waals surface area contributed by atoms with E-state index in [1.165, 1.54) is 13.2 Å². The number of Topliss-reactive ketones (excluding diaryl/α,β-unsaturated/α-hetero) is 1. The van der Waals surface area contributed by atoms with Gasteiger partial charge in [0.2, 0.25) is 5.75 Å². The highest BCUT2D eigenvalue weighted by Crippen LogP contribution is 2.54. The molecule has 0 bridgehead atoms. The Labute approximate surface area is 348 Å². The number of benzene rings is 4. The van der Waals surface area contributed by atoms with E-state index in [0.29, 0.717) is 49.4 Å². The summed E-state index contributed by atoms with van der Waals surface area (Å²) in [4.78, 5) is 23.2. The van der Waals surface area contributed by atoms with Crippen molar-refractivity contribution < 1.29 is 44.9 Å². The number of nitrogens with zero attached hydrogens (tertiary/aromatic N) is 1. The molecule has 12 heteroatoms. The topological polar surface area (TPSA) is 198 Å². The Morgan fingerprint density at radius 1 is 0.983 bits per heavy atom. The molecule has 1 fully saturated rings. The monoisotopic (exact) mass is 813 g/mol. The molecule has 5 unspecified atom stereocenters. The molecule has 8 rings (SSSR count). The average molecular weight is 814 g/mol. The lowest BCUT2D eigenvalue weighted by Crippen LogP contribution is -2.51. The largest absolute Gasteiger partial charge is 0.508 e. The van der Waals surface area contributed by atoms with E-state index in [-0.39, 0.29) is 53.8 Å². The Morgan fingerprint density at radius 2 is 1.82 bits per heavy atom. The summed E-state index contributed by atoms with van der Waals surface area (Å²) in [5.74, 6) is -1.11. The highest BCUT2D eigenvalue weighted by molar-refractivity contribution is 5.87. The van der Waals surface area contributed by atoms with Crippen LogP contribution in [0, 0.1) is 11.8 Å². The molecule has 2 aromatic heterocycles. The second kappa shape index (κ2) is 17.2. The summed E-state index contributed by atoms with van der Waals surface area (Å²) < 4.78 is 11.1. The fraction of sp³-hybridized carbons (Fsp3) is 0.333. The number of aliphatic hydroxyl groups excluding tert-OH is 2. The number of carbonyl (C=O) groups excluding carboxylic acids is 1. The number of rotatable bonds is 15. The third kappa shape index (κ3) is 8.04. The SMILES string of the molecule is COc1cc(CCC(=O)C(C(O)CCc2ccc(O)c3c2CCCO3)C2(c3ccnc(Nc4ccc5cc(O)ccc5c4)c3)CCC(O)C2Cc2ccc[nH]2)cc(O)c1O. The minimum atomic E-state index is -1.16. The van der Waals surface area contributed by atoms with Crippen LogP contribution in [0.25, 0.3) is 10.8 Å². The van der Waals surface area contributed by atoms with Crippen LogP contribution >= 0.6 is 0 Å². The second-order valence-corrected chi connectivity index (χ2v) is 16.2. The van der Waals surface area contributed by atoms with Crippen LogP contribution < -0.4 is 14.8 Å². The first-order chi connectivity index (χ1) is 29.0. The van der Waals surface area contributed by atoms with E-state index in [9.17, 15) is 30.6 Å².